The number of allylic oxidation sites excluding steroid dienone is 2. The van der Waals surface area contributed by atoms with Gasteiger partial charge in [-0.05, 0) is 37.1 Å². The van der Waals surface area contributed by atoms with Crippen LogP contribution in [0.25, 0.3) is 0 Å². The van der Waals surface area contributed by atoms with E-state index in [-0.39, 0.29) is 11.6 Å². The molecule has 0 aromatic rings. The van der Waals surface area contributed by atoms with Gasteiger partial charge >= 0.3 is 0 Å². The van der Waals surface area contributed by atoms with Gasteiger partial charge in [-0.15, -0.1) is 0 Å². The largest absolute Gasteiger partial charge is 0.299 e. The lowest BCUT2D eigenvalue weighted by atomic mass is 9.80. The third-order valence-corrected chi connectivity index (χ3v) is 4.59. The molecule has 1 saturated carbocycles. The fourth-order valence-electron chi connectivity index (χ4n) is 2.51. The first-order valence-corrected chi connectivity index (χ1v) is 6.26. The van der Waals surface area contributed by atoms with Crippen molar-refractivity contribution < 1.29 is 9.59 Å². The molecule has 0 N–H and O–H groups in total. The van der Waals surface area contributed by atoms with Crippen LogP contribution in [0.3, 0.4) is 0 Å². The van der Waals surface area contributed by atoms with E-state index < -0.39 is 5.41 Å². The molecular formula is C12H15BrO2. The first kappa shape index (κ1) is 11.1. The minimum absolute atomic E-state index is 0.132. The van der Waals surface area contributed by atoms with E-state index in [1.807, 2.05) is 6.92 Å². The van der Waals surface area contributed by atoms with Crippen molar-refractivity contribution >= 4 is 27.5 Å². The summed E-state index contributed by atoms with van der Waals surface area (Å²) in [5, 5.41) is 0. The van der Waals surface area contributed by atoms with Crippen LogP contribution < -0.4 is 0 Å². The molecule has 0 aromatic heterocycles. The van der Waals surface area contributed by atoms with Crippen molar-refractivity contribution in [3.05, 3.63) is 10.1 Å². The van der Waals surface area contributed by atoms with Gasteiger partial charge in [0.1, 0.15) is 11.6 Å². The first-order chi connectivity index (χ1) is 7.04. The molecule has 15 heavy (non-hydrogen) atoms. The summed E-state index contributed by atoms with van der Waals surface area (Å²) < 4.78 is 1.22. The van der Waals surface area contributed by atoms with Gasteiger partial charge in [0.25, 0.3) is 0 Å². The van der Waals surface area contributed by atoms with E-state index >= 15 is 0 Å². The number of hydrogen-bond donors (Lipinski definition) is 0. The van der Waals surface area contributed by atoms with E-state index in [0.29, 0.717) is 19.3 Å². The maximum atomic E-state index is 11.7. The highest BCUT2D eigenvalue weighted by molar-refractivity contribution is 9.11. The quantitative estimate of drug-likeness (QED) is 0.723. The SMILES string of the molecule is CC1(CC2=C(Br)CCC2)C(=O)CCC1=O. The van der Waals surface area contributed by atoms with Gasteiger partial charge in [0, 0.05) is 12.8 Å². The molecule has 82 valence electrons. The normalized spacial score (nSPS) is 25.5. The minimum atomic E-state index is -0.710. The Morgan fingerprint density at radius 1 is 1.13 bits per heavy atom. The van der Waals surface area contributed by atoms with Crippen molar-refractivity contribution in [3.8, 4) is 0 Å². The number of halogens is 1. The molecule has 0 bridgehead atoms. The first-order valence-electron chi connectivity index (χ1n) is 5.47. The maximum absolute atomic E-state index is 11.7. The maximum Gasteiger partial charge on any atom is 0.146 e. The molecule has 0 aromatic carbocycles. The number of carbonyl (C=O) groups excluding carboxylic acids is 2. The molecule has 0 atom stereocenters. The molecule has 2 nitrogen and oxygen atoms in total. The smallest absolute Gasteiger partial charge is 0.146 e. The minimum Gasteiger partial charge on any atom is -0.299 e. The van der Waals surface area contributed by atoms with E-state index in [4.69, 9.17) is 0 Å². The predicted octanol–water partition coefficient (Wildman–Crippen LogP) is 3.15. The standard InChI is InChI=1S/C12H15BrO2/c1-12(10(14)5-6-11(12)15)7-8-3-2-4-9(8)13/h2-7H2,1H3. The zero-order valence-electron chi connectivity index (χ0n) is 8.94. The Balaban J connectivity index is 2.20. The molecule has 2 rings (SSSR count). The fourth-order valence-corrected chi connectivity index (χ4v) is 3.13. The van der Waals surface area contributed by atoms with Crippen molar-refractivity contribution in [1.82, 2.24) is 0 Å². The molecule has 0 saturated heterocycles. The van der Waals surface area contributed by atoms with Crippen LogP contribution in [0.1, 0.15) is 45.4 Å². The lowest BCUT2D eigenvalue weighted by Gasteiger charge is -2.21. The number of rotatable bonds is 2. The lowest BCUT2D eigenvalue weighted by Crippen LogP contribution is -2.29. The van der Waals surface area contributed by atoms with Crippen molar-refractivity contribution in [2.24, 2.45) is 5.41 Å². The molecule has 0 heterocycles. The topological polar surface area (TPSA) is 34.1 Å². The Morgan fingerprint density at radius 2 is 1.73 bits per heavy atom. The highest BCUT2D eigenvalue weighted by Gasteiger charge is 2.45. The zero-order chi connectivity index (χ0) is 11.1. The van der Waals surface area contributed by atoms with Crippen LogP contribution in [0, 0.1) is 5.41 Å². The van der Waals surface area contributed by atoms with Gasteiger partial charge in [0.2, 0.25) is 0 Å². The zero-order valence-corrected chi connectivity index (χ0v) is 10.5. The Bertz CT molecular complexity index is 339. The second kappa shape index (κ2) is 3.85. The van der Waals surface area contributed by atoms with Gasteiger partial charge in [-0.25, -0.2) is 0 Å². The van der Waals surface area contributed by atoms with Crippen LogP contribution in [-0.4, -0.2) is 11.6 Å². The molecule has 3 heteroatoms. The van der Waals surface area contributed by atoms with Crippen LogP contribution in [0.4, 0.5) is 0 Å². The summed E-state index contributed by atoms with van der Waals surface area (Å²) in [7, 11) is 0. The fraction of sp³-hybridized carbons (Fsp3) is 0.667. The highest BCUT2D eigenvalue weighted by Crippen LogP contribution is 2.42. The monoisotopic (exact) mass is 270 g/mol. The summed E-state index contributed by atoms with van der Waals surface area (Å²) in [4.78, 5) is 23.5. The summed E-state index contributed by atoms with van der Waals surface area (Å²) in [6.45, 7) is 1.82. The molecule has 0 spiro atoms. The predicted molar refractivity (Wildman–Crippen MR) is 61.8 cm³/mol. The summed E-state index contributed by atoms with van der Waals surface area (Å²) in [6.07, 6.45) is 4.78. The van der Waals surface area contributed by atoms with Crippen molar-refractivity contribution in [1.29, 1.82) is 0 Å². The summed E-state index contributed by atoms with van der Waals surface area (Å²) in [6, 6.07) is 0. The molecule has 0 aliphatic heterocycles. The Kier molecular flexibility index (Phi) is 2.84. The van der Waals surface area contributed by atoms with Crippen molar-refractivity contribution in [2.75, 3.05) is 0 Å². The molecular weight excluding hydrogens is 256 g/mol. The lowest BCUT2D eigenvalue weighted by molar-refractivity contribution is -0.133. The van der Waals surface area contributed by atoms with Gasteiger partial charge < -0.3 is 0 Å². The Hall–Kier alpha value is -0.440. The molecule has 0 unspecified atom stereocenters. The Morgan fingerprint density at radius 3 is 2.20 bits per heavy atom. The summed E-state index contributed by atoms with van der Waals surface area (Å²) in [5.74, 6) is 0.263. The highest BCUT2D eigenvalue weighted by atomic mass is 79.9. The number of hydrogen-bond acceptors (Lipinski definition) is 2. The van der Waals surface area contributed by atoms with E-state index in [2.05, 4.69) is 15.9 Å². The average molecular weight is 271 g/mol. The van der Waals surface area contributed by atoms with Gasteiger partial charge in [-0.2, -0.15) is 0 Å². The van der Waals surface area contributed by atoms with Crippen molar-refractivity contribution in [3.63, 3.8) is 0 Å². The molecule has 2 aliphatic rings. The third-order valence-electron chi connectivity index (χ3n) is 3.64. The number of Topliss-reactive ketones (excluding diaryl/α,β-unsaturated/α-hetero) is 2. The second-order valence-corrected chi connectivity index (χ2v) is 5.67. The molecule has 2 aliphatic carbocycles. The van der Waals surface area contributed by atoms with Gasteiger partial charge in [0.15, 0.2) is 0 Å². The van der Waals surface area contributed by atoms with Crippen molar-refractivity contribution in [2.45, 2.75) is 45.4 Å². The van der Waals surface area contributed by atoms with Crippen LogP contribution >= 0.6 is 15.9 Å². The van der Waals surface area contributed by atoms with E-state index in [0.717, 1.165) is 19.3 Å². The summed E-state index contributed by atoms with van der Waals surface area (Å²) in [5.41, 5.74) is 0.569. The number of carbonyl (C=O) groups is 2. The molecule has 0 radical (unpaired) electrons. The average Bonchev–Trinajstić information content (AvgIpc) is 2.68. The van der Waals surface area contributed by atoms with Crippen LogP contribution in [0.5, 0.6) is 0 Å². The number of ketones is 2. The molecule has 1 fully saturated rings. The second-order valence-electron chi connectivity index (χ2n) is 4.72. The van der Waals surface area contributed by atoms with Gasteiger partial charge in [-0.3, -0.25) is 9.59 Å². The van der Waals surface area contributed by atoms with E-state index in [9.17, 15) is 9.59 Å². The third kappa shape index (κ3) is 1.82. The van der Waals surface area contributed by atoms with Gasteiger partial charge in [0.05, 0.1) is 5.41 Å². The van der Waals surface area contributed by atoms with Crippen LogP contribution in [0.15, 0.2) is 10.1 Å². The van der Waals surface area contributed by atoms with Crippen LogP contribution in [-0.2, 0) is 9.59 Å². The van der Waals surface area contributed by atoms with Crippen LogP contribution in [0.2, 0.25) is 0 Å². The summed E-state index contributed by atoms with van der Waals surface area (Å²) >= 11 is 3.53. The molecule has 0 amide bonds. The Labute approximate surface area is 98.2 Å². The van der Waals surface area contributed by atoms with E-state index in [1.54, 1.807) is 0 Å². The van der Waals surface area contributed by atoms with E-state index in [1.165, 1.54) is 10.1 Å². The van der Waals surface area contributed by atoms with Gasteiger partial charge in [-0.1, -0.05) is 21.5 Å².